The van der Waals surface area contributed by atoms with Gasteiger partial charge in [0.05, 0.1) is 5.01 Å². The van der Waals surface area contributed by atoms with Gasteiger partial charge in [-0.1, -0.05) is 0 Å². The smallest absolute Gasteiger partial charge is 0.275 e. The summed E-state index contributed by atoms with van der Waals surface area (Å²) < 4.78 is 39.5. The van der Waals surface area contributed by atoms with Crippen LogP contribution in [0.2, 0.25) is 0 Å². The van der Waals surface area contributed by atoms with Crippen LogP contribution in [0.15, 0.2) is 17.5 Å². The molecule has 1 aromatic heterocycles. The highest BCUT2D eigenvalue weighted by Gasteiger charge is 2.17. The first-order valence-electron chi connectivity index (χ1n) is 5.61. The van der Waals surface area contributed by atoms with Crippen molar-refractivity contribution in [2.24, 2.45) is 5.73 Å². The van der Waals surface area contributed by atoms with E-state index in [9.17, 15) is 18.0 Å². The van der Waals surface area contributed by atoms with Gasteiger partial charge in [-0.2, -0.15) is 0 Å². The predicted molar refractivity (Wildman–Crippen MR) is 69.1 cm³/mol. The molecule has 0 aliphatic heterocycles. The molecular weight excluding hydrogens is 291 g/mol. The fraction of sp³-hybridized carbons (Fsp3) is 0.167. The van der Waals surface area contributed by atoms with Crippen molar-refractivity contribution in [1.29, 1.82) is 0 Å². The van der Waals surface area contributed by atoms with E-state index in [4.69, 9.17) is 5.73 Å². The fourth-order valence-electron chi connectivity index (χ4n) is 1.49. The van der Waals surface area contributed by atoms with Crippen LogP contribution >= 0.6 is 11.3 Å². The Bertz CT molecular complexity index is 622. The summed E-state index contributed by atoms with van der Waals surface area (Å²) in [5, 5.41) is 4.14. The topological polar surface area (TPSA) is 68.0 Å². The molecule has 0 saturated heterocycles. The number of thiazole rings is 1. The second-order valence-corrected chi connectivity index (χ2v) is 4.81. The zero-order valence-corrected chi connectivity index (χ0v) is 10.9. The van der Waals surface area contributed by atoms with Crippen LogP contribution in [0.5, 0.6) is 0 Å². The maximum absolute atomic E-state index is 13.4. The average Bonchev–Trinajstić information content (AvgIpc) is 2.82. The number of carbonyl (C=O) groups is 1. The average molecular weight is 301 g/mol. The number of halogens is 3. The predicted octanol–water partition coefficient (Wildman–Crippen LogP) is 2.31. The van der Waals surface area contributed by atoms with E-state index in [1.807, 2.05) is 5.32 Å². The third-order valence-corrected chi connectivity index (χ3v) is 3.30. The van der Waals surface area contributed by atoms with Crippen molar-refractivity contribution in [3.8, 4) is 0 Å². The molecule has 20 heavy (non-hydrogen) atoms. The van der Waals surface area contributed by atoms with Crippen molar-refractivity contribution < 1.29 is 18.0 Å². The Balaban J connectivity index is 2.19. The molecule has 0 aliphatic carbocycles. The summed E-state index contributed by atoms with van der Waals surface area (Å²) in [7, 11) is 0. The molecule has 106 valence electrons. The van der Waals surface area contributed by atoms with Crippen LogP contribution in [0.3, 0.4) is 0 Å². The molecule has 2 rings (SSSR count). The fourth-order valence-corrected chi connectivity index (χ4v) is 2.29. The molecule has 0 aliphatic rings. The van der Waals surface area contributed by atoms with E-state index < -0.39 is 29.0 Å². The number of nitrogens with zero attached hydrogens (tertiary/aromatic N) is 1. The van der Waals surface area contributed by atoms with Crippen molar-refractivity contribution >= 4 is 22.9 Å². The minimum absolute atomic E-state index is 0.0292. The number of hydrogen-bond acceptors (Lipinski definition) is 4. The zero-order valence-electron chi connectivity index (χ0n) is 10.1. The third-order valence-electron chi connectivity index (χ3n) is 2.39. The first-order valence-corrected chi connectivity index (χ1v) is 6.49. The van der Waals surface area contributed by atoms with Crippen molar-refractivity contribution in [2.75, 3.05) is 11.9 Å². The van der Waals surface area contributed by atoms with Gasteiger partial charge < -0.3 is 11.1 Å². The van der Waals surface area contributed by atoms with Gasteiger partial charge in [-0.3, -0.25) is 4.79 Å². The van der Waals surface area contributed by atoms with Crippen LogP contribution in [-0.4, -0.2) is 17.4 Å². The Labute approximate surface area is 116 Å². The minimum Gasteiger partial charge on any atom is -0.330 e. The third kappa shape index (κ3) is 3.14. The zero-order chi connectivity index (χ0) is 14.7. The van der Waals surface area contributed by atoms with Crippen molar-refractivity contribution in [1.82, 2.24) is 4.98 Å². The summed E-state index contributed by atoms with van der Waals surface area (Å²) in [4.78, 5) is 15.8. The minimum atomic E-state index is -1.19. The molecule has 2 aromatic rings. The number of anilines is 1. The molecule has 0 fully saturated rings. The SMILES string of the molecule is NCCc1nc(C(=O)Nc2c(F)cc(F)cc2F)cs1. The van der Waals surface area contributed by atoms with Crippen LogP contribution < -0.4 is 11.1 Å². The van der Waals surface area contributed by atoms with E-state index in [0.29, 0.717) is 30.1 Å². The number of benzene rings is 1. The van der Waals surface area contributed by atoms with Gasteiger partial charge in [-0.05, 0) is 6.54 Å². The summed E-state index contributed by atoms with van der Waals surface area (Å²) in [6, 6.07) is 0.971. The standard InChI is InChI=1S/C12H10F3N3OS/c13-6-3-7(14)11(8(15)4-6)18-12(19)9-5-20-10(17-9)1-2-16/h3-5H,1-2,16H2,(H,18,19). The van der Waals surface area contributed by atoms with Gasteiger partial charge in [0.2, 0.25) is 0 Å². The number of carbonyl (C=O) groups excluding carboxylic acids is 1. The number of hydrogen-bond donors (Lipinski definition) is 2. The molecule has 0 atom stereocenters. The van der Waals surface area contributed by atoms with Gasteiger partial charge in [0.1, 0.15) is 17.2 Å². The first kappa shape index (κ1) is 14.5. The highest BCUT2D eigenvalue weighted by atomic mass is 32.1. The van der Waals surface area contributed by atoms with Crippen LogP contribution in [0.1, 0.15) is 15.5 Å². The number of nitrogens with two attached hydrogens (primary N) is 1. The van der Waals surface area contributed by atoms with Gasteiger partial charge >= 0.3 is 0 Å². The lowest BCUT2D eigenvalue weighted by Gasteiger charge is -2.06. The van der Waals surface area contributed by atoms with Crippen molar-refractivity contribution in [3.05, 3.63) is 45.7 Å². The van der Waals surface area contributed by atoms with Crippen molar-refractivity contribution in [3.63, 3.8) is 0 Å². The summed E-state index contributed by atoms with van der Waals surface area (Å²) >= 11 is 1.22. The van der Waals surface area contributed by atoms with E-state index in [1.54, 1.807) is 0 Å². The van der Waals surface area contributed by atoms with E-state index in [0.717, 1.165) is 0 Å². The lowest BCUT2D eigenvalue weighted by molar-refractivity contribution is 0.102. The Morgan fingerprint density at radius 2 is 1.95 bits per heavy atom. The van der Waals surface area contributed by atoms with Crippen LogP contribution in [0, 0.1) is 17.5 Å². The number of rotatable bonds is 4. The Hall–Kier alpha value is -1.93. The number of nitrogens with one attached hydrogen (secondary N) is 1. The molecule has 1 amide bonds. The maximum Gasteiger partial charge on any atom is 0.275 e. The highest BCUT2D eigenvalue weighted by Crippen LogP contribution is 2.21. The molecule has 3 N–H and O–H groups in total. The monoisotopic (exact) mass is 301 g/mol. The van der Waals surface area contributed by atoms with Crippen molar-refractivity contribution in [2.45, 2.75) is 6.42 Å². The van der Waals surface area contributed by atoms with Crippen LogP contribution in [-0.2, 0) is 6.42 Å². The highest BCUT2D eigenvalue weighted by molar-refractivity contribution is 7.09. The van der Waals surface area contributed by atoms with E-state index in [1.165, 1.54) is 16.7 Å². The quantitative estimate of drug-likeness (QED) is 0.910. The summed E-state index contributed by atoms with van der Waals surface area (Å²) in [6.07, 6.45) is 0.511. The number of amides is 1. The second kappa shape index (κ2) is 6.02. The van der Waals surface area contributed by atoms with Crippen LogP contribution in [0.4, 0.5) is 18.9 Å². The largest absolute Gasteiger partial charge is 0.330 e. The Morgan fingerprint density at radius 1 is 1.30 bits per heavy atom. The Kier molecular flexibility index (Phi) is 4.35. The normalized spacial score (nSPS) is 10.6. The molecule has 4 nitrogen and oxygen atoms in total. The molecule has 0 spiro atoms. The lowest BCUT2D eigenvalue weighted by Crippen LogP contribution is -2.15. The summed E-state index contributed by atoms with van der Waals surface area (Å²) in [6.45, 7) is 0.385. The van der Waals surface area contributed by atoms with Gasteiger partial charge in [0, 0.05) is 23.9 Å². The molecule has 0 saturated carbocycles. The molecule has 0 bridgehead atoms. The molecule has 1 aromatic carbocycles. The summed E-state index contributed by atoms with van der Waals surface area (Å²) in [5.74, 6) is -4.20. The first-order chi connectivity index (χ1) is 9.51. The molecular formula is C12H10F3N3OS. The van der Waals surface area contributed by atoms with E-state index in [2.05, 4.69) is 4.98 Å². The summed E-state index contributed by atoms with van der Waals surface area (Å²) in [5.41, 5.74) is 4.68. The van der Waals surface area contributed by atoms with E-state index in [-0.39, 0.29) is 5.69 Å². The van der Waals surface area contributed by atoms with Gasteiger partial charge in [-0.25, -0.2) is 18.2 Å². The number of aromatic nitrogens is 1. The molecule has 0 unspecified atom stereocenters. The Morgan fingerprint density at radius 3 is 2.55 bits per heavy atom. The van der Waals surface area contributed by atoms with E-state index >= 15 is 0 Å². The van der Waals surface area contributed by atoms with Gasteiger partial charge in [-0.15, -0.1) is 11.3 Å². The maximum atomic E-state index is 13.4. The molecule has 1 heterocycles. The van der Waals surface area contributed by atoms with Gasteiger partial charge in [0.15, 0.2) is 11.6 Å². The molecule has 0 radical (unpaired) electrons. The molecule has 8 heteroatoms. The lowest BCUT2D eigenvalue weighted by atomic mass is 10.2. The van der Waals surface area contributed by atoms with Crippen LogP contribution in [0.25, 0.3) is 0 Å². The second-order valence-electron chi connectivity index (χ2n) is 3.86. The van der Waals surface area contributed by atoms with Gasteiger partial charge in [0.25, 0.3) is 5.91 Å².